The molecule has 1 amide bonds. The van der Waals surface area contributed by atoms with E-state index in [1.54, 1.807) is 30.1 Å². The Bertz CT molecular complexity index is 1220. The van der Waals surface area contributed by atoms with Gasteiger partial charge < -0.3 is 19.8 Å². The number of ether oxygens (including phenoxy) is 1. The molecule has 0 aliphatic heterocycles. The molecular weight excluding hydrogens is 413 g/mol. The molecule has 0 spiro atoms. The monoisotopic (exact) mass is 431 g/mol. The van der Waals surface area contributed by atoms with E-state index in [0.29, 0.717) is 53.1 Å². The second-order valence-electron chi connectivity index (χ2n) is 6.79. The molecule has 3 aromatic heterocycles. The van der Waals surface area contributed by atoms with Gasteiger partial charge in [-0.15, -0.1) is 0 Å². The summed E-state index contributed by atoms with van der Waals surface area (Å²) in [6, 6.07) is -0.0444. The van der Waals surface area contributed by atoms with E-state index in [0.717, 1.165) is 0 Å². The zero-order chi connectivity index (χ0) is 21.3. The van der Waals surface area contributed by atoms with E-state index in [4.69, 9.17) is 16.3 Å². The smallest absolute Gasteiger partial charge is 0.212 e. The normalized spacial score (nSPS) is 12.4. The lowest BCUT2D eigenvalue weighted by Gasteiger charge is -2.18. The van der Waals surface area contributed by atoms with Crippen molar-refractivity contribution in [1.82, 2.24) is 24.6 Å². The van der Waals surface area contributed by atoms with E-state index in [9.17, 15) is 4.79 Å². The highest BCUT2D eigenvalue weighted by Gasteiger charge is 2.23. The van der Waals surface area contributed by atoms with Gasteiger partial charge in [0, 0.05) is 36.9 Å². The van der Waals surface area contributed by atoms with E-state index in [-0.39, 0.29) is 16.8 Å². The molecule has 4 aromatic rings. The number of hydrogen-bond acceptors (Lipinski definition) is 6. The molecule has 9 nitrogen and oxygen atoms in total. The summed E-state index contributed by atoms with van der Waals surface area (Å²) < 4.78 is 22.0. The summed E-state index contributed by atoms with van der Waals surface area (Å²) in [4.78, 5) is 19.2. The van der Waals surface area contributed by atoms with Gasteiger partial charge >= 0.3 is 0 Å². The van der Waals surface area contributed by atoms with Crippen LogP contribution in [0.1, 0.15) is 13.3 Å². The van der Waals surface area contributed by atoms with Gasteiger partial charge in [-0.2, -0.15) is 5.10 Å². The zero-order valence-electron chi connectivity index (χ0n) is 16.2. The zero-order valence-corrected chi connectivity index (χ0v) is 17.0. The summed E-state index contributed by atoms with van der Waals surface area (Å²) in [5.41, 5.74) is 2.11. The molecular formula is C19H19ClFN7O2. The van der Waals surface area contributed by atoms with Crippen LogP contribution >= 0.6 is 11.6 Å². The first-order valence-corrected chi connectivity index (χ1v) is 9.56. The molecule has 0 radical (unpaired) electrons. The number of imidazole rings is 1. The Hall–Kier alpha value is -3.24. The maximum atomic E-state index is 15.3. The Morgan fingerprint density at radius 2 is 2.23 bits per heavy atom. The molecule has 156 valence electrons. The predicted molar refractivity (Wildman–Crippen MR) is 112 cm³/mol. The summed E-state index contributed by atoms with van der Waals surface area (Å²) in [5.74, 6) is -0.220. The van der Waals surface area contributed by atoms with Crippen molar-refractivity contribution >= 4 is 46.1 Å². The molecule has 0 fully saturated rings. The molecule has 1 unspecified atom stereocenters. The molecule has 3 heterocycles. The first-order valence-electron chi connectivity index (χ1n) is 9.18. The second kappa shape index (κ2) is 8.25. The quantitative estimate of drug-likeness (QED) is 0.368. The van der Waals surface area contributed by atoms with Gasteiger partial charge in [0.15, 0.2) is 17.3 Å². The fourth-order valence-electron chi connectivity index (χ4n) is 3.27. The van der Waals surface area contributed by atoms with E-state index in [1.807, 2.05) is 6.92 Å². The van der Waals surface area contributed by atoms with Gasteiger partial charge in [-0.3, -0.25) is 14.9 Å². The van der Waals surface area contributed by atoms with Crippen LogP contribution in [0.3, 0.4) is 0 Å². The highest BCUT2D eigenvalue weighted by molar-refractivity contribution is 6.35. The Labute approximate surface area is 175 Å². The summed E-state index contributed by atoms with van der Waals surface area (Å²) in [6.07, 6.45) is 7.63. The number of carbonyl (C=O) groups excluding carboxylic acids is 1. The molecule has 0 saturated carbocycles. The number of nitrogens with one attached hydrogen (secondary N) is 3. The molecule has 0 aliphatic carbocycles. The van der Waals surface area contributed by atoms with Crippen molar-refractivity contribution in [3.63, 3.8) is 0 Å². The maximum Gasteiger partial charge on any atom is 0.212 e. The third kappa shape index (κ3) is 3.55. The number of nitrogens with zero attached hydrogens (tertiary/aromatic N) is 4. The molecule has 1 aromatic carbocycles. The first kappa shape index (κ1) is 20.0. The van der Waals surface area contributed by atoms with Crippen LogP contribution in [0.15, 0.2) is 24.8 Å². The van der Waals surface area contributed by atoms with Crippen molar-refractivity contribution in [2.45, 2.75) is 19.4 Å². The number of fused-ring (bicyclic) bond motifs is 2. The number of rotatable bonds is 8. The van der Waals surface area contributed by atoms with Crippen molar-refractivity contribution in [1.29, 1.82) is 0 Å². The van der Waals surface area contributed by atoms with E-state index in [1.165, 1.54) is 6.20 Å². The minimum atomic E-state index is -0.594. The molecule has 11 heteroatoms. The minimum Gasteiger partial charge on any atom is -0.385 e. The number of halogens is 2. The van der Waals surface area contributed by atoms with Crippen LogP contribution in [0, 0.1) is 5.82 Å². The van der Waals surface area contributed by atoms with Crippen LogP contribution in [0.5, 0.6) is 0 Å². The number of methoxy groups -OCH3 is 1. The van der Waals surface area contributed by atoms with Gasteiger partial charge in [-0.25, -0.2) is 9.37 Å². The Balaban J connectivity index is 1.81. The number of carbonyl (C=O) groups is 1. The van der Waals surface area contributed by atoms with Gasteiger partial charge in [0.25, 0.3) is 0 Å². The average Bonchev–Trinajstić information content (AvgIpc) is 3.36. The van der Waals surface area contributed by atoms with Gasteiger partial charge in [-0.05, 0) is 13.3 Å². The van der Waals surface area contributed by atoms with Crippen molar-refractivity contribution in [2.24, 2.45) is 0 Å². The highest BCUT2D eigenvalue weighted by Crippen LogP contribution is 2.41. The number of aromatic amines is 1. The van der Waals surface area contributed by atoms with Crippen molar-refractivity contribution < 1.29 is 13.9 Å². The van der Waals surface area contributed by atoms with Crippen molar-refractivity contribution in [2.75, 3.05) is 24.4 Å². The number of benzene rings is 1. The SMILES string of the molecule is COCCC(C)Nc1c(F)c(Cl)c(-c2cn3cc(NC=O)nc3cn2)c2cn[nH]c12. The third-order valence-corrected chi connectivity index (χ3v) is 5.10. The van der Waals surface area contributed by atoms with Gasteiger partial charge in [0.2, 0.25) is 6.41 Å². The molecule has 1 atom stereocenters. The number of amides is 1. The topological polar surface area (TPSA) is 109 Å². The second-order valence-corrected chi connectivity index (χ2v) is 7.17. The average molecular weight is 432 g/mol. The van der Waals surface area contributed by atoms with E-state index in [2.05, 4.69) is 30.8 Å². The highest BCUT2D eigenvalue weighted by atomic mass is 35.5. The van der Waals surface area contributed by atoms with Crippen LogP contribution in [0.2, 0.25) is 5.02 Å². The first-order chi connectivity index (χ1) is 14.5. The molecule has 30 heavy (non-hydrogen) atoms. The fourth-order valence-corrected chi connectivity index (χ4v) is 3.56. The van der Waals surface area contributed by atoms with E-state index < -0.39 is 5.82 Å². The number of hydrogen-bond donors (Lipinski definition) is 3. The van der Waals surface area contributed by atoms with Gasteiger partial charge in [0.1, 0.15) is 0 Å². The Morgan fingerprint density at radius 3 is 3.00 bits per heavy atom. The van der Waals surface area contributed by atoms with Crippen LogP contribution in [0.4, 0.5) is 15.9 Å². The van der Waals surface area contributed by atoms with Crippen LogP contribution < -0.4 is 10.6 Å². The Morgan fingerprint density at radius 1 is 1.40 bits per heavy atom. The summed E-state index contributed by atoms with van der Waals surface area (Å²) in [5, 5.41) is 13.1. The summed E-state index contributed by atoms with van der Waals surface area (Å²) in [6.45, 7) is 2.48. The number of aromatic nitrogens is 5. The van der Waals surface area contributed by atoms with Gasteiger partial charge in [-0.1, -0.05) is 11.6 Å². The van der Waals surface area contributed by atoms with Crippen LogP contribution in [-0.4, -0.2) is 50.7 Å². The lowest BCUT2D eigenvalue weighted by atomic mass is 10.0. The van der Waals surface area contributed by atoms with Crippen LogP contribution in [-0.2, 0) is 9.53 Å². The summed E-state index contributed by atoms with van der Waals surface area (Å²) >= 11 is 6.46. The molecule has 0 saturated heterocycles. The van der Waals surface area contributed by atoms with Crippen LogP contribution in [0.25, 0.3) is 27.8 Å². The molecule has 4 rings (SSSR count). The van der Waals surface area contributed by atoms with Crippen molar-refractivity contribution in [3.05, 3.63) is 35.6 Å². The van der Waals surface area contributed by atoms with E-state index >= 15 is 4.39 Å². The summed E-state index contributed by atoms with van der Waals surface area (Å²) in [7, 11) is 1.62. The lowest BCUT2D eigenvalue weighted by Crippen LogP contribution is -2.18. The molecule has 3 N–H and O–H groups in total. The predicted octanol–water partition coefficient (Wildman–Crippen LogP) is 3.47. The Kier molecular flexibility index (Phi) is 5.51. The minimum absolute atomic E-state index is 0.0444. The lowest BCUT2D eigenvalue weighted by molar-refractivity contribution is -0.105. The van der Waals surface area contributed by atoms with Gasteiger partial charge in [0.05, 0.1) is 40.5 Å². The maximum absolute atomic E-state index is 15.3. The third-order valence-electron chi connectivity index (χ3n) is 4.74. The number of H-pyrrole nitrogens is 1. The number of anilines is 2. The van der Waals surface area contributed by atoms with Crippen molar-refractivity contribution in [3.8, 4) is 11.3 Å². The largest absolute Gasteiger partial charge is 0.385 e. The molecule has 0 aliphatic rings. The molecule has 0 bridgehead atoms. The fraction of sp³-hybridized carbons (Fsp3) is 0.263. The standard InChI is InChI=1S/C19H19ClFN7O2/c1-10(3-4-30-2)25-19-17(21)16(20)15(11-5-24-27-18(11)19)12-7-28-8-13(23-9-29)26-14(28)6-22-12/h5-10,25H,3-4H2,1-2H3,(H,23,29)(H,24,27).